The maximum absolute atomic E-state index is 12.1. The average molecular weight is 232 g/mol. The molecular weight excluding hydrogens is 220 g/mol. The maximum atomic E-state index is 12.1. The van der Waals surface area contributed by atoms with E-state index in [1.165, 1.54) is 17.1 Å². The second-order valence-electron chi connectivity index (χ2n) is 3.87. The Morgan fingerprint density at radius 2 is 1.81 bits per heavy atom. The van der Waals surface area contributed by atoms with E-state index in [0.29, 0.717) is 5.69 Å². The maximum Gasteiger partial charge on any atom is 0.214 e. The Morgan fingerprint density at radius 3 is 2.44 bits per heavy atom. The van der Waals surface area contributed by atoms with E-state index in [0.717, 1.165) is 16.7 Å². The van der Waals surface area contributed by atoms with Crippen molar-refractivity contribution in [2.45, 2.75) is 20.8 Å². The van der Waals surface area contributed by atoms with Crippen LogP contribution in [0.3, 0.4) is 0 Å². The molecule has 2 rings (SSSR count). The third-order valence-electron chi connectivity index (χ3n) is 2.68. The van der Waals surface area contributed by atoms with Crippen LogP contribution in [0.25, 0.3) is 0 Å². The number of nitrogens with zero attached hydrogens (tertiary/aromatic N) is 2. The molecule has 3 nitrogen and oxygen atoms in total. The fourth-order valence-electron chi connectivity index (χ4n) is 1.61. The van der Waals surface area contributed by atoms with Gasteiger partial charge < -0.3 is 0 Å². The summed E-state index contributed by atoms with van der Waals surface area (Å²) in [6, 6.07) is 3.95. The van der Waals surface area contributed by atoms with Crippen LogP contribution in [0.1, 0.15) is 32.7 Å². The van der Waals surface area contributed by atoms with Gasteiger partial charge in [-0.3, -0.25) is 4.79 Å². The van der Waals surface area contributed by atoms with E-state index < -0.39 is 0 Å². The molecule has 0 aliphatic rings. The molecule has 1 aromatic heterocycles. The van der Waals surface area contributed by atoms with E-state index in [9.17, 15) is 4.79 Å². The summed E-state index contributed by atoms with van der Waals surface area (Å²) in [5.41, 5.74) is 4.45. The number of carbonyl (C=O) groups excluding carboxylic acids is 1. The fourth-order valence-corrected chi connectivity index (χ4v) is 2.04. The van der Waals surface area contributed by atoms with Gasteiger partial charge in [-0.15, -0.1) is 5.10 Å². The molecule has 0 saturated carbocycles. The van der Waals surface area contributed by atoms with E-state index in [1.807, 2.05) is 32.9 Å². The molecule has 0 atom stereocenters. The third kappa shape index (κ3) is 1.88. The molecule has 1 aromatic carbocycles. The normalized spacial score (nSPS) is 10.4. The van der Waals surface area contributed by atoms with Crippen LogP contribution < -0.4 is 0 Å². The van der Waals surface area contributed by atoms with Crippen LogP contribution in [-0.2, 0) is 0 Å². The highest BCUT2D eigenvalue weighted by Gasteiger charge is 2.15. The van der Waals surface area contributed by atoms with E-state index >= 15 is 0 Å². The van der Waals surface area contributed by atoms with E-state index in [2.05, 4.69) is 9.59 Å². The fraction of sp³-hybridized carbons (Fsp3) is 0.250. The average Bonchev–Trinajstić information content (AvgIpc) is 2.75. The number of hydrogen-bond acceptors (Lipinski definition) is 4. The van der Waals surface area contributed by atoms with Crippen molar-refractivity contribution in [3.8, 4) is 0 Å². The Hall–Kier alpha value is -1.55. The minimum Gasteiger partial charge on any atom is -0.287 e. The summed E-state index contributed by atoms with van der Waals surface area (Å²) in [5.74, 6) is -0.0469. The first-order valence-corrected chi connectivity index (χ1v) is 5.83. The second-order valence-corrected chi connectivity index (χ2v) is 4.48. The Morgan fingerprint density at radius 1 is 1.12 bits per heavy atom. The van der Waals surface area contributed by atoms with Crippen LogP contribution in [-0.4, -0.2) is 15.4 Å². The van der Waals surface area contributed by atoms with Gasteiger partial charge in [-0.1, -0.05) is 10.6 Å². The van der Waals surface area contributed by atoms with Gasteiger partial charge >= 0.3 is 0 Å². The highest BCUT2D eigenvalue weighted by atomic mass is 32.1. The molecule has 82 valence electrons. The van der Waals surface area contributed by atoms with Gasteiger partial charge in [0.1, 0.15) is 5.69 Å². The van der Waals surface area contributed by atoms with Gasteiger partial charge in [0.25, 0.3) is 0 Å². The summed E-state index contributed by atoms with van der Waals surface area (Å²) in [6.07, 6.45) is 0. The van der Waals surface area contributed by atoms with Gasteiger partial charge in [0.05, 0.1) is 0 Å². The molecule has 0 unspecified atom stereocenters. The molecule has 1 heterocycles. The summed E-state index contributed by atoms with van der Waals surface area (Å²) in [4.78, 5) is 12.1. The van der Waals surface area contributed by atoms with Crippen molar-refractivity contribution in [2.75, 3.05) is 0 Å². The lowest BCUT2D eigenvalue weighted by atomic mass is 9.97. The van der Waals surface area contributed by atoms with E-state index in [1.54, 1.807) is 5.38 Å². The van der Waals surface area contributed by atoms with Crippen LogP contribution >= 0.6 is 11.5 Å². The molecule has 2 aromatic rings. The van der Waals surface area contributed by atoms with E-state index in [-0.39, 0.29) is 5.78 Å². The zero-order valence-corrected chi connectivity index (χ0v) is 10.3. The van der Waals surface area contributed by atoms with Crippen molar-refractivity contribution in [2.24, 2.45) is 0 Å². The van der Waals surface area contributed by atoms with Crippen molar-refractivity contribution < 1.29 is 4.79 Å². The predicted octanol–water partition coefficient (Wildman–Crippen LogP) is 2.69. The van der Waals surface area contributed by atoms with Gasteiger partial charge in [-0.25, -0.2) is 0 Å². The number of hydrogen-bond donors (Lipinski definition) is 0. The lowest BCUT2D eigenvalue weighted by Gasteiger charge is -2.07. The van der Waals surface area contributed by atoms with Crippen LogP contribution in [0.4, 0.5) is 0 Å². The van der Waals surface area contributed by atoms with Crippen molar-refractivity contribution in [3.05, 3.63) is 45.5 Å². The number of aryl methyl sites for hydroxylation is 3. The Kier molecular flexibility index (Phi) is 2.83. The number of carbonyl (C=O) groups is 1. The molecular formula is C12H12N2OS. The lowest BCUT2D eigenvalue weighted by molar-refractivity contribution is 0.103. The van der Waals surface area contributed by atoms with Crippen LogP contribution in [0.2, 0.25) is 0 Å². The van der Waals surface area contributed by atoms with Gasteiger partial charge in [0.2, 0.25) is 5.78 Å². The number of aromatic nitrogens is 2. The first-order valence-electron chi connectivity index (χ1n) is 4.99. The zero-order valence-electron chi connectivity index (χ0n) is 9.44. The largest absolute Gasteiger partial charge is 0.287 e. The molecule has 0 aliphatic heterocycles. The van der Waals surface area contributed by atoms with Crippen molar-refractivity contribution >= 4 is 17.3 Å². The minimum atomic E-state index is -0.0469. The Labute approximate surface area is 98.3 Å². The number of ketones is 1. The topological polar surface area (TPSA) is 42.9 Å². The summed E-state index contributed by atoms with van der Waals surface area (Å²) in [5, 5.41) is 5.48. The van der Waals surface area contributed by atoms with Gasteiger partial charge in [0, 0.05) is 10.9 Å². The first kappa shape index (κ1) is 11.0. The molecule has 0 amide bonds. The van der Waals surface area contributed by atoms with Gasteiger partial charge in [0.15, 0.2) is 0 Å². The van der Waals surface area contributed by atoms with Crippen LogP contribution in [0.5, 0.6) is 0 Å². The highest BCUT2D eigenvalue weighted by Crippen LogP contribution is 2.18. The summed E-state index contributed by atoms with van der Waals surface area (Å²) >= 11 is 1.19. The summed E-state index contributed by atoms with van der Waals surface area (Å²) in [7, 11) is 0. The molecule has 0 bridgehead atoms. The summed E-state index contributed by atoms with van der Waals surface area (Å²) in [6.45, 7) is 5.99. The first-order chi connectivity index (χ1) is 7.59. The molecule has 16 heavy (non-hydrogen) atoms. The molecule has 0 fully saturated rings. The SMILES string of the molecule is Cc1cc(C)c(C(=O)c2csnn2)cc1C. The van der Waals surface area contributed by atoms with Crippen LogP contribution in [0, 0.1) is 20.8 Å². The smallest absolute Gasteiger partial charge is 0.214 e. The second kappa shape index (κ2) is 4.14. The van der Waals surface area contributed by atoms with Crippen LogP contribution in [0.15, 0.2) is 17.5 Å². The Balaban J connectivity index is 2.49. The minimum absolute atomic E-state index is 0.0469. The quantitative estimate of drug-likeness (QED) is 0.748. The highest BCUT2D eigenvalue weighted by molar-refractivity contribution is 7.03. The van der Waals surface area contributed by atoms with Crippen molar-refractivity contribution in [3.63, 3.8) is 0 Å². The molecule has 0 radical (unpaired) electrons. The predicted molar refractivity (Wildman–Crippen MR) is 64.0 cm³/mol. The standard InChI is InChI=1S/C12H12N2OS/c1-7-4-9(3)10(5-8(7)2)12(15)11-6-16-14-13-11/h4-6H,1-3H3. The van der Waals surface area contributed by atoms with Gasteiger partial charge in [-0.05, 0) is 55.1 Å². The molecule has 0 spiro atoms. The third-order valence-corrected chi connectivity index (χ3v) is 3.18. The summed E-state index contributed by atoms with van der Waals surface area (Å²) < 4.78 is 3.71. The number of rotatable bonds is 2. The van der Waals surface area contributed by atoms with Gasteiger partial charge in [-0.2, -0.15) is 0 Å². The van der Waals surface area contributed by atoms with Crippen molar-refractivity contribution in [1.82, 2.24) is 9.59 Å². The Bertz CT molecular complexity index is 532. The lowest BCUT2D eigenvalue weighted by Crippen LogP contribution is -2.05. The molecule has 4 heteroatoms. The van der Waals surface area contributed by atoms with Crippen molar-refractivity contribution in [1.29, 1.82) is 0 Å². The number of benzene rings is 1. The molecule has 0 saturated heterocycles. The monoisotopic (exact) mass is 232 g/mol. The zero-order chi connectivity index (χ0) is 11.7. The molecule has 0 N–H and O–H groups in total. The van der Waals surface area contributed by atoms with E-state index in [4.69, 9.17) is 0 Å². The molecule has 0 aliphatic carbocycles.